The van der Waals surface area contributed by atoms with Crippen molar-refractivity contribution < 1.29 is 19.7 Å². The van der Waals surface area contributed by atoms with E-state index in [0.29, 0.717) is 11.1 Å². The number of carbonyl (C=O) groups is 1. The van der Waals surface area contributed by atoms with Crippen LogP contribution < -0.4 is 4.74 Å². The van der Waals surface area contributed by atoms with Crippen LogP contribution in [0.25, 0.3) is 6.08 Å². The van der Waals surface area contributed by atoms with Crippen LogP contribution in [0, 0.1) is 11.3 Å². The van der Waals surface area contributed by atoms with Crippen LogP contribution >= 0.6 is 0 Å². The molecular formula is C16H9NO4. The molecule has 2 aromatic carbocycles. The lowest BCUT2D eigenvalue weighted by Gasteiger charge is -2.02. The van der Waals surface area contributed by atoms with Crippen LogP contribution in [-0.2, 0) is 0 Å². The lowest BCUT2D eigenvalue weighted by atomic mass is 10.1. The number of ether oxygens (including phenoxy) is 1. The minimum absolute atomic E-state index is 0.00593. The lowest BCUT2D eigenvalue weighted by Crippen LogP contribution is -1.98. The Kier molecular flexibility index (Phi) is 2.85. The molecule has 0 radical (unpaired) electrons. The van der Waals surface area contributed by atoms with Gasteiger partial charge in [-0.25, -0.2) is 0 Å². The highest BCUT2D eigenvalue weighted by molar-refractivity contribution is 6.15. The van der Waals surface area contributed by atoms with Gasteiger partial charge in [0.2, 0.25) is 11.5 Å². The Morgan fingerprint density at radius 1 is 1.14 bits per heavy atom. The molecule has 0 bridgehead atoms. The second-order valence-electron chi connectivity index (χ2n) is 4.45. The largest absolute Gasteiger partial charge is 0.504 e. The molecule has 0 aromatic heterocycles. The van der Waals surface area contributed by atoms with E-state index >= 15 is 0 Å². The Balaban J connectivity index is 2.08. The fourth-order valence-electron chi connectivity index (χ4n) is 2.09. The fraction of sp³-hybridized carbons (Fsp3) is 0. The Morgan fingerprint density at radius 2 is 1.90 bits per heavy atom. The molecule has 0 atom stereocenters. The Hall–Kier alpha value is -3.26. The molecule has 1 aliphatic heterocycles. The Morgan fingerprint density at radius 3 is 2.67 bits per heavy atom. The molecule has 5 heteroatoms. The van der Waals surface area contributed by atoms with E-state index < -0.39 is 11.5 Å². The number of nitriles is 1. The van der Waals surface area contributed by atoms with Gasteiger partial charge in [-0.05, 0) is 29.8 Å². The first-order chi connectivity index (χ1) is 10.1. The molecule has 5 nitrogen and oxygen atoms in total. The summed E-state index contributed by atoms with van der Waals surface area (Å²) in [5, 5.41) is 28.2. The van der Waals surface area contributed by atoms with Gasteiger partial charge in [0.15, 0.2) is 17.3 Å². The van der Waals surface area contributed by atoms with Crippen LogP contribution in [-0.4, -0.2) is 16.0 Å². The number of hydrogen-bond acceptors (Lipinski definition) is 5. The van der Waals surface area contributed by atoms with E-state index in [1.807, 2.05) is 6.07 Å². The summed E-state index contributed by atoms with van der Waals surface area (Å²) >= 11 is 0. The van der Waals surface area contributed by atoms with Crippen molar-refractivity contribution in [3.05, 3.63) is 58.8 Å². The highest BCUT2D eigenvalue weighted by atomic mass is 16.5. The van der Waals surface area contributed by atoms with Crippen molar-refractivity contribution in [2.45, 2.75) is 0 Å². The van der Waals surface area contributed by atoms with Crippen LogP contribution in [0.5, 0.6) is 17.2 Å². The van der Waals surface area contributed by atoms with Gasteiger partial charge in [0.25, 0.3) is 0 Å². The molecule has 0 saturated heterocycles. The van der Waals surface area contributed by atoms with Crippen molar-refractivity contribution in [3.8, 4) is 23.3 Å². The number of allylic oxidation sites excluding steroid dienone is 1. The van der Waals surface area contributed by atoms with Gasteiger partial charge in [-0.1, -0.05) is 18.2 Å². The molecule has 1 heterocycles. The van der Waals surface area contributed by atoms with E-state index in [0.717, 1.165) is 0 Å². The van der Waals surface area contributed by atoms with Crippen molar-refractivity contribution in [3.63, 3.8) is 0 Å². The van der Waals surface area contributed by atoms with Gasteiger partial charge in [-0.2, -0.15) is 5.26 Å². The van der Waals surface area contributed by atoms with Gasteiger partial charge in [-0.15, -0.1) is 0 Å². The van der Waals surface area contributed by atoms with Crippen molar-refractivity contribution in [2.24, 2.45) is 0 Å². The maximum absolute atomic E-state index is 12.2. The number of hydrogen-bond donors (Lipinski definition) is 2. The minimum Gasteiger partial charge on any atom is -0.504 e. The number of phenolic OH excluding ortho intramolecular Hbond substituents is 2. The van der Waals surface area contributed by atoms with Gasteiger partial charge in [-0.3, -0.25) is 4.79 Å². The van der Waals surface area contributed by atoms with Crippen LogP contribution in [0.4, 0.5) is 0 Å². The van der Waals surface area contributed by atoms with E-state index in [1.165, 1.54) is 18.2 Å². The second kappa shape index (κ2) is 4.69. The van der Waals surface area contributed by atoms with Crippen molar-refractivity contribution in [1.29, 1.82) is 5.26 Å². The number of carbonyl (C=O) groups excluding carboxylic acids is 1. The number of aromatic hydroxyl groups is 2. The monoisotopic (exact) mass is 279 g/mol. The molecule has 3 rings (SSSR count). The van der Waals surface area contributed by atoms with Gasteiger partial charge in [0.1, 0.15) is 0 Å². The summed E-state index contributed by atoms with van der Waals surface area (Å²) in [4.78, 5) is 12.2. The molecule has 0 unspecified atom stereocenters. The minimum atomic E-state index is -0.474. The molecule has 0 aliphatic carbocycles. The van der Waals surface area contributed by atoms with Crippen molar-refractivity contribution in [1.82, 2.24) is 0 Å². The summed E-state index contributed by atoms with van der Waals surface area (Å²) in [7, 11) is 0. The number of rotatable bonds is 1. The summed E-state index contributed by atoms with van der Waals surface area (Å²) in [5.74, 6) is -1.32. The summed E-state index contributed by atoms with van der Waals surface area (Å²) in [6.45, 7) is 0. The van der Waals surface area contributed by atoms with Crippen molar-refractivity contribution >= 4 is 11.9 Å². The molecular weight excluding hydrogens is 270 g/mol. The number of ketones is 1. The SMILES string of the molecule is N#Cc1ccccc1/C=C1/Oc2c(ccc(O)c2O)C1=O. The third kappa shape index (κ3) is 1.99. The summed E-state index contributed by atoms with van der Waals surface area (Å²) in [5.41, 5.74) is 1.12. The smallest absolute Gasteiger partial charge is 0.232 e. The number of nitrogens with zero attached hydrogens (tertiary/aromatic N) is 1. The van der Waals surface area contributed by atoms with E-state index in [2.05, 4.69) is 0 Å². The van der Waals surface area contributed by atoms with Crippen LogP contribution in [0.1, 0.15) is 21.5 Å². The van der Waals surface area contributed by atoms with Crippen LogP contribution in [0.2, 0.25) is 0 Å². The molecule has 21 heavy (non-hydrogen) atoms. The first-order valence-electron chi connectivity index (χ1n) is 6.10. The highest BCUT2D eigenvalue weighted by Gasteiger charge is 2.31. The zero-order chi connectivity index (χ0) is 15.0. The molecule has 102 valence electrons. The lowest BCUT2D eigenvalue weighted by molar-refractivity contribution is 0.101. The first-order valence-corrected chi connectivity index (χ1v) is 6.10. The Labute approximate surface area is 120 Å². The average molecular weight is 279 g/mol. The number of phenols is 2. The van der Waals surface area contributed by atoms with Crippen molar-refractivity contribution in [2.75, 3.05) is 0 Å². The van der Waals surface area contributed by atoms with Crippen LogP contribution in [0.3, 0.4) is 0 Å². The summed E-state index contributed by atoms with van der Waals surface area (Å²) in [6.07, 6.45) is 1.44. The maximum atomic E-state index is 12.2. The molecule has 0 fully saturated rings. The predicted molar refractivity (Wildman–Crippen MR) is 73.9 cm³/mol. The van der Waals surface area contributed by atoms with E-state index in [-0.39, 0.29) is 22.8 Å². The number of fused-ring (bicyclic) bond motifs is 1. The molecule has 0 amide bonds. The fourth-order valence-corrected chi connectivity index (χ4v) is 2.09. The summed E-state index contributed by atoms with van der Waals surface area (Å²) in [6, 6.07) is 11.4. The van der Waals surface area contributed by atoms with E-state index in [4.69, 9.17) is 10.00 Å². The quantitative estimate of drug-likeness (QED) is 0.618. The Bertz CT molecular complexity index is 831. The zero-order valence-electron chi connectivity index (χ0n) is 10.7. The normalized spacial score (nSPS) is 14.6. The van der Waals surface area contributed by atoms with E-state index in [9.17, 15) is 15.0 Å². The van der Waals surface area contributed by atoms with E-state index in [1.54, 1.807) is 24.3 Å². The predicted octanol–water partition coefficient (Wildman–Crippen LogP) is 2.59. The van der Waals surface area contributed by atoms with Gasteiger partial charge < -0.3 is 14.9 Å². The average Bonchev–Trinajstić information content (AvgIpc) is 2.81. The van der Waals surface area contributed by atoms with Gasteiger partial charge in [0.05, 0.1) is 17.2 Å². The topological polar surface area (TPSA) is 90.6 Å². The molecule has 1 aliphatic rings. The van der Waals surface area contributed by atoms with Gasteiger partial charge >= 0.3 is 0 Å². The standard InChI is InChI=1S/C16H9NO4/c17-8-10-4-2-1-3-9(10)7-13-14(19)11-5-6-12(18)15(20)16(11)21-13/h1-7,18,20H/b13-7+. The number of benzene rings is 2. The second-order valence-corrected chi connectivity index (χ2v) is 4.45. The molecule has 2 N–H and O–H groups in total. The highest BCUT2D eigenvalue weighted by Crippen LogP contribution is 2.44. The van der Waals surface area contributed by atoms with Gasteiger partial charge in [0, 0.05) is 0 Å². The molecule has 0 spiro atoms. The molecule has 2 aromatic rings. The number of Topliss-reactive ketones (excluding diaryl/α,β-unsaturated/α-hetero) is 1. The summed E-state index contributed by atoms with van der Waals surface area (Å²) < 4.78 is 5.33. The zero-order valence-corrected chi connectivity index (χ0v) is 10.7. The molecule has 0 saturated carbocycles. The maximum Gasteiger partial charge on any atom is 0.232 e. The third-order valence-corrected chi connectivity index (χ3v) is 3.16. The van der Waals surface area contributed by atoms with Crippen LogP contribution in [0.15, 0.2) is 42.2 Å². The third-order valence-electron chi connectivity index (χ3n) is 3.16. The first kappa shape index (κ1) is 12.8.